The number of nitrogen functional groups attached to an aromatic ring is 1. The van der Waals surface area contributed by atoms with Crippen LogP contribution in [0.25, 0.3) is 0 Å². The van der Waals surface area contributed by atoms with Crippen molar-refractivity contribution < 1.29 is 0 Å². The normalized spacial score (nSPS) is 24.1. The molecule has 0 amide bonds. The van der Waals surface area contributed by atoms with Gasteiger partial charge in [-0.05, 0) is 82.5 Å². The second-order valence-corrected chi connectivity index (χ2v) is 6.51. The Morgan fingerprint density at radius 1 is 0.900 bits per heavy atom. The summed E-state index contributed by atoms with van der Waals surface area (Å²) in [7, 11) is 2.24. The highest BCUT2D eigenvalue weighted by atomic mass is 15.2. The van der Waals surface area contributed by atoms with Gasteiger partial charge in [0.25, 0.3) is 0 Å². The van der Waals surface area contributed by atoms with Crippen LogP contribution in [0.3, 0.4) is 0 Å². The molecule has 0 saturated carbocycles. The van der Waals surface area contributed by atoms with E-state index in [0.29, 0.717) is 0 Å². The molecule has 0 radical (unpaired) electrons. The van der Waals surface area contributed by atoms with Gasteiger partial charge in [0.1, 0.15) is 0 Å². The summed E-state index contributed by atoms with van der Waals surface area (Å²) in [5.74, 6) is 0.734. The van der Waals surface area contributed by atoms with Crippen LogP contribution in [0.4, 0.5) is 5.69 Å². The fourth-order valence-electron chi connectivity index (χ4n) is 3.73. The standard InChI is InChI=1S/C17H27N3/c1-19-10-8-17(9-11-19)20-12-6-15(7-13-20)14-2-4-16(18)5-3-14/h2-5,15,17H,6-13,18H2,1H3. The third-order valence-corrected chi connectivity index (χ3v) is 5.14. The Morgan fingerprint density at radius 3 is 2.10 bits per heavy atom. The number of anilines is 1. The fraction of sp³-hybridized carbons (Fsp3) is 0.647. The van der Waals surface area contributed by atoms with Crippen LogP contribution in [0.15, 0.2) is 24.3 Å². The Kier molecular flexibility index (Phi) is 4.27. The first-order chi connectivity index (χ1) is 9.72. The van der Waals surface area contributed by atoms with Crippen molar-refractivity contribution in [3.05, 3.63) is 29.8 Å². The van der Waals surface area contributed by atoms with Crippen molar-refractivity contribution in [3.8, 4) is 0 Å². The number of nitrogens with two attached hydrogens (primary N) is 1. The van der Waals surface area contributed by atoms with Crippen molar-refractivity contribution >= 4 is 5.69 Å². The van der Waals surface area contributed by atoms with E-state index in [4.69, 9.17) is 5.73 Å². The minimum absolute atomic E-state index is 0.734. The summed E-state index contributed by atoms with van der Waals surface area (Å²) >= 11 is 0. The summed E-state index contributed by atoms with van der Waals surface area (Å²) in [5.41, 5.74) is 8.12. The van der Waals surface area contributed by atoms with E-state index in [2.05, 4.69) is 29.0 Å². The zero-order valence-corrected chi connectivity index (χ0v) is 12.6. The van der Waals surface area contributed by atoms with Crippen LogP contribution < -0.4 is 5.73 Å². The largest absolute Gasteiger partial charge is 0.399 e. The maximum absolute atomic E-state index is 5.77. The average molecular weight is 273 g/mol. The molecule has 2 saturated heterocycles. The van der Waals surface area contributed by atoms with Crippen LogP contribution in [0, 0.1) is 0 Å². The Hall–Kier alpha value is -1.06. The molecule has 2 fully saturated rings. The highest BCUT2D eigenvalue weighted by molar-refractivity contribution is 5.40. The second kappa shape index (κ2) is 6.15. The first-order valence-electron chi connectivity index (χ1n) is 8.00. The summed E-state index contributed by atoms with van der Waals surface area (Å²) < 4.78 is 0. The molecule has 0 unspecified atom stereocenters. The van der Waals surface area contributed by atoms with Crippen LogP contribution in [0.1, 0.15) is 37.2 Å². The first kappa shape index (κ1) is 13.9. The van der Waals surface area contributed by atoms with Gasteiger partial charge < -0.3 is 15.5 Å². The van der Waals surface area contributed by atoms with E-state index in [1.807, 2.05) is 12.1 Å². The van der Waals surface area contributed by atoms with E-state index >= 15 is 0 Å². The SMILES string of the molecule is CN1CCC(N2CCC(c3ccc(N)cc3)CC2)CC1. The Balaban J connectivity index is 1.53. The molecule has 3 nitrogen and oxygen atoms in total. The molecule has 110 valence electrons. The molecule has 0 bridgehead atoms. The van der Waals surface area contributed by atoms with Crippen molar-refractivity contribution in [1.82, 2.24) is 9.80 Å². The second-order valence-electron chi connectivity index (χ2n) is 6.51. The van der Waals surface area contributed by atoms with Crippen molar-refractivity contribution in [2.24, 2.45) is 0 Å². The summed E-state index contributed by atoms with van der Waals surface area (Å²) in [4.78, 5) is 5.19. The van der Waals surface area contributed by atoms with Crippen LogP contribution in [-0.4, -0.2) is 49.1 Å². The number of hydrogen-bond acceptors (Lipinski definition) is 3. The molecule has 20 heavy (non-hydrogen) atoms. The Labute approximate surface area is 122 Å². The molecule has 2 aliphatic heterocycles. The maximum atomic E-state index is 5.77. The smallest absolute Gasteiger partial charge is 0.0314 e. The highest BCUT2D eigenvalue weighted by Gasteiger charge is 2.27. The fourth-order valence-corrected chi connectivity index (χ4v) is 3.73. The molecular formula is C17H27N3. The van der Waals surface area contributed by atoms with Crippen molar-refractivity contribution in [1.29, 1.82) is 0 Å². The molecule has 3 rings (SSSR count). The van der Waals surface area contributed by atoms with Gasteiger partial charge in [-0.1, -0.05) is 12.1 Å². The Morgan fingerprint density at radius 2 is 1.50 bits per heavy atom. The molecule has 0 atom stereocenters. The van der Waals surface area contributed by atoms with E-state index in [-0.39, 0.29) is 0 Å². The van der Waals surface area contributed by atoms with Crippen LogP contribution in [0.2, 0.25) is 0 Å². The molecule has 2 heterocycles. The highest BCUT2D eigenvalue weighted by Crippen LogP contribution is 2.30. The molecule has 0 aliphatic carbocycles. The van der Waals surface area contributed by atoms with Gasteiger partial charge in [-0.3, -0.25) is 0 Å². The first-order valence-corrected chi connectivity index (χ1v) is 8.00. The summed E-state index contributed by atoms with van der Waals surface area (Å²) in [6.07, 6.45) is 5.30. The van der Waals surface area contributed by atoms with Crippen LogP contribution >= 0.6 is 0 Å². The number of nitrogens with zero attached hydrogens (tertiary/aromatic N) is 2. The maximum Gasteiger partial charge on any atom is 0.0314 e. The number of hydrogen-bond donors (Lipinski definition) is 1. The van der Waals surface area contributed by atoms with Crippen molar-refractivity contribution in [2.75, 3.05) is 39.0 Å². The number of rotatable bonds is 2. The Bertz CT molecular complexity index is 412. The lowest BCUT2D eigenvalue weighted by Gasteiger charge is -2.41. The number of benzene rings is 1. The van der Waals surface area contributed by atoms with Gasteiger partial charge in [-0.15, -0.1) is 0 Å². The van der Waals surface area contributed by atoms with Gasteiger partial charge in [0, 0.05) is 11.7 Å². The van der Waals surface area contributed by atoms with Gasteiger partial charge in [0.05, 0.1) is 0 Å². The molecule has 1 aromatic rings. The van der Waals surface area contributed by atoms with Gasteiger partial charge in [0.15, 0.2) is 0 Å². The predicted molar refractivity (Wildman–Crippen MR) is 84.9 cm³/mol. The number of likely N-dealkylation sites (tertiary alicyclic amines) is 2. The molecule has 3 heteroatoms. The predicted octanol–water partition coefficient (Wildman–Crippen LogP) is 2.54. The lowest BCUT2D eigenvalue weighted by Crippen LogP contribution is -2.46. The monoisotopic (exact) mass is 273 g/mol. The van der Waals surface area contributed by atoms with E-state index < -0.39 is 0 Å². The van der Waals surface area contributed by atoms with E-state index in [1.54, 1.807) is 0 Å². The van der Waals surface area contributed by atoms with E-state index in [1.165, 1.54) is 57.4 Å². The molecule has 0 aromatic heterocycles. The van der Waals surface area contributed by atoms with Gasteiger partial charge in [0.2, 0.25) is 0 Å². The average Bonchev–Trinajstić information content (AvgIpc) is 2.49. The zero-order valence-electron chi connectivity index (χ0n) is 12.6. The molecule has 0 spiro atoms. The molecule has 2 aliphatic rings. The summed E-state index contributed by atoms with van der Waals surface area (Å²) in [5, 5.41) is 0. The van der Waals surface area contributed by atoms with Crippen molar-refractivity contribution in [2.45, 2.75) is 37.6 Å². The van der Waals surface area contributed by atoms with Crippen molar-refractivity contribution in [3.63, 3.8) is 0 Å². The van der Waals surface area contributed by atoms with E-state index in [9.17, 15) is 0 Å². The van der Waals surface area contributed by atoms with Gasteiger partial charge in [-0.2, -0.15) is 0 Å². The lowest BCUT2D eigenvalue weighted by molar-refractivity contribution is 0.0966. The molecule has 2 N–H and O–H groups in total. The number of piperidine rings is 2. The summed E-state index contributed by atoms with van der Waals surface area (Å²) in [6.45, 7) is 5.07. The third kappa shape index (κ3) is 3.15. The molecular weight excluding hydrogens is 246 g/mol. The minimum atomic E-state index is 0.734. The quantitative estimate of drug-likeness (QED) is 0.841. The van der Waals surface area contributed by atoms with Crippen LogP contribution in [0.5, 0.6) is 0 Å². The molecule has 1 aromatic carbocycles. The van der Waals surface area contributed by atoms with E-state index in [0.717, 1.165) is 17.6 Å². The van der Waals surface area contributed by atoms with Gasteiger partial charge in [-0.25, -0.2) is 0 Å². The zero-order chi connectivity index (χ0) is 13.9. The minimum Gasteiger partial charge on any atom is -0.399 e. The van der Waals surface area contributed by atoms with Crippen LogP contribution in [-0.2, 0) is 0 Å². The van der Waals surface area contributed by atoms with Gasteiger partial charge >= 0.3 is 0 Å². The summed E-state index contributed by atoms with van der Waals surface area (Å²) in [6, 6.07) is 9.34. The topological polar surface area (TPSA) is 32.5 Å². The lowest BCUT2D eigenvalue weighted by atomic mass is 9.88. The third-order valence-electron chi connectivity index (χ3n) is 5.14.